The van der Waals surface area contributed by atoms with Crippen molar-refractivity contribution in [3.8, 4) is 11.3 Å². The van der Waals surface area contributed by atoms with Crippen LogP contribution in [-0.4, -0.2) is 38.8 Å². The van der Waals surface area contributed by atoms with Gasteiger partial charge in [0, 0.05) is 36.4 Å². The summed E-state index contributed by atoms with van der Waals surface area (Å²) in [7, 11) is 0. The SMILES string of the molecule is Cc1cc(C)c2nc(-c3cncnc3)cc(C(=O)N3CCCCC3)c2c1. The standard InChI is InChI=1S/C21H22N4O/c1-14-8-15(2)20-17(9-14)18(21(26)25-6-4-3-5-7-25)10-19(24-20)16-11-22-13-23-12-16/h8-13H,3-7H2,1-2H3. The van der Waals surface area contributed by atoms with Crippen molar-refractivity contribution in [3.63, 3.8) is 0 Å². The zero-order chi connectivity index (χ0) is 18.1. The number of aromatic nitrogens is 3. The quantitative estimate of drug-likeness (QED) is 0.705. The van der Waals surface area contributed by atoms with Crippen LogP contribution in [0.15, 0.2) is 36.9 Å². The molecule has 0 radical (unpaired) electrons. The molecule has 5 nitrogen and oxygen atoms in total. The van der Waals surface area contributed by atoms with Crippen molar-refractivity contribution in [1.82, 2.24) is 19.9 Å². The summed E-state index contributed by atoms with van der Waals surface area (Å²) in [5, 5.41) is 0.929. The molecule has 0 unspecified atom stereocenters. The molecule has 1 saturated heterocycles. The first kappa shape index (κ1) is 16.6. The molecule has 3 aromatic rings. The normalized spacial score (nSPS) is 14.6. The van der Waals surface area contributed by atoms with Crippen LogP contribution in [0.3, 0.4) is 0 Å². The molecule has 0 N–H and O–H groups in total. The minimum atomic E-state index is 0.0974. The Morgan fingerprint density at radius 2 is 1.73 bits per heavy atom. The molecule has 2 aromatic heterocycles. The molecule has 1 amide bonds. The van der Waals surface area contributed by atoms with Crippen LogP contribution >= 0.6 is 0 Å². The van der Waals surface area contributed by atoms with Crippen LogP contribution in [0, 0.1) is 13.8 Å². The molecule has 1 aliphatic rings. The van der Waals surface area contributed by atoms with Gasteiger partial charge in [-0.3, -0.25) is 4.79 Å². The summed E-state index contributed by atoms with van der Waals surface area (Å²) in [4.78, 5) is 28.3. The fourth-order valence-corrected chi connectivity index (χ4v) is 3.70. The summed E-state index contributed by atoms with van der Waals surface area (Å²) in [6, 6.07) is 6.07. The highest BCUT2D eigenvalue weighted by molar-refractivity contribution is 6.08. The second-order valence-electron chi connectivity index (χ2n) is 7.01. The van der Waals surface area contributed by atoms with Crippen LogP contribution in [-0.2, 0) is 0 Å². The molecule has 26 heavy (non-hydrogen) atoms. The maximum atomic E-state index is 13.3. The first-order valence-corrected chi connectivity index (χ1v) is 9.10. The second-order valence-corrected chi connectivity index (χ2v) is 7.01. The zero-order valence-corrected chi connectivity index (χ0v) is 15.2. The lowest BCUT2D eigenvalue weighted by Gasteiger charge is -2.27. The maximum Gasteiger partial charge on any atom is 0.254 e. The fourth-order valence-electron chi connectivity index (χ4n) is 3.70. The van der Waals surface area contributed by atoms with Gasteiger partial charge in [-0.05, 0) is 50.8 Å². The van der Waals surface area contributed by atoms with E-state index in [0.717, 1.165) is 64.8 Å². The van der Waals surface area contributed by atoms with E-state index in [4.69, 9.17) is 4.98 Å². The molecule has 0 saturated carbocycles. The van der Waals surface area contributed by atoms with E-state index < -0.39 is 0 Å². The van der Waals surface area contributed by atoms with Crippen molar-refractivity contribution in [2.75, 3.05) is 13.1 Å². The number of hydrogen-bond donors (Lipinski definition) is 0. The number of rotatable bonds is 2. The number of carbonyl (C=O) groups excluding carboxylic acids is 1. The third kappa shape index (κ3) is 3.05. The van der Waals surface area contributed by atoms with Crippen LogP contribution in [0.4, 0.5) is 0 Å². The van der Waals surface area contributed by atoms with E-state index in [1.54, 1.807) is 12.4 Å². The van der Waals surface area contributed by atoms with Gasteiger partial charge in [-0.1, -0.05) is 11.6 Å². The highest BCUT2D eigenvalue weighted by Crippen LogP contribution is 2.29. The van der Waals surface area contributed by atoms with Gasteiger partial charge in [0.1, 0.15) is 6.33 Å². The van der Waals surface area contributed by atoms with E-state index in [2.05, 4.69) is 29.0 Å². The van der Waals surface area contributed by atoms with Gasteiger partial charge in [0.25, 0.3) is 5.91 Å². The fraction of sp³-hybridized carbons (Fsp3) is 0.333. The van der Waals surface area contributed by atoms with Gasteiger partial charge in [-0.2, -0.15) is 0 Å². The molecule has 1 aliphatic heterocycles. The van der Waals surface area contributed by atoms with Gasteiger partial charge in [-0.15, -0.1) is 0 Å². The molecule has 3 heterocycles. The molecule has 0 bridgehead atoms. The Hall–Kier alpha value is -2.82. The molecule has 4 rings (SSSR count). The first-order valence-electron chi connectivity index (χ1n) is 9.10. The number of pyridine rings is 1. The highest BCUT2D eigenvalue weighted by Gasteiger charge is 2.22. The van der Waals surface area contributed by atoms with Crippen LogP contribution in [0.25, 0.3) is 22.2 Å². The number of nitrogens with zero attached hydrogens (tertiary/aromatic N) is 4. The summed E-state index contributed by atoms with van der Waals surface area (Å²) in [6.45, 7) is 5.76. The Kier molecular flexibility index (Phi) is 4.37. The highest BCUT2D eigenvalue weighted by atomic mass is 16.2. The van der Waals surface area contributed by atoms with E-state index in [1.807, 2.05) is 17.9 Å². The van der Waals surface area contributed by atoms with Gasteiger partial charge >= 0.3 is 0 Å². The Labute approximate surface area is 153 Å². The molecule has 0 atom stereocenters. The lowest BCUT2D eigenvalue weighted by molar-refractivity contribution is 0.0726. The van der Waals surface area contributed by atoms with Crippen LogP contribution < -0.4 is 0 Å². The smallest absolute Gasteiger partial charge is 0.254 e. The predicted octanol–water partition coefficient (Wildman–Crippen LogP) is 3.93. The molecule has 0 spiro atoms. The number of piperidine rings is 1. The number of hydrogen-bond acceptors (Lipinski definition) is 4. The van der Waals surface area contributed by atoms with E-state index in [-0.39, 0.29) is 5.91 Å². The number of carbonyl (C=O) groups is 1. The number of likely N-dealkylation sites (tertiary alicyclic amines) is 1. The van der Waals surface area contributed by atoms with Gasteiger partial charge in [0.05, 0.1) is 16.8 Å². The Bertz CT molecular complexity index is 963. The number of benzene rings is 1. The molecule has 0 aliphatic carbocycles. The summed E-state index contributed by atoms with van der Waals surface area (Å²) in [5.74, 6) is 0.0974. The maximum absolute atomic E-state index is 13.3. The van der Waals surface area contributed by atoms with Crippen molar-refractivity contribution in [2.24, 2.45) is 0 Å². The van der Waals surface area contributed by atoms with Crippen molar-refractivity contribution < 1.29 is 4.79 Å². The lowest BCUT2D eigenvalue weighted by Crippen LogP contribution is -2.35. The van der Waals surface area contributed by atoms with Gasteiger partial charge in [0.15, 0.2) is 0 Å². The van der Waals surface area contributed by atoms with Gasteiger partial charge < -0.3 is 4.90 Å². The summed E-state index contributed by atoms with van der Waals surface area (Å²) < 4.78 is 0. The summed E-state index contributed by atoms with van der Waals surface area (Å²) in [5.41, 5.74) is 5.37. The van der Waals surface area contributed by atoms with Crippen molar-refractivity contribution >= 4 is 16.8 Å². The van der Waals surface area contributed by atoms with Crippen LogP contribution in [0.5, 0.6) is 0 Å². The van der Waals surface area contributed by atoms with E-state index in [1.165, 1.54) is 12.7 Å². The van der Waals surface area contributed by atoms with E-state index in [0.29, 0.717) is 0 Å². The lowest BCUT2D eigenvalue weighted by atomic mass is 9.99. The monoisotopic (exact) mass is 346 g/mol. The second kappa shape index (κ2) is 6.83. The largest absolute Gasteiger partial charge is 0.339 e. The Balaban J connectivity index is 1.92. The summed E-state index contributed by atoms with van der Waals surface area (Å²) >= 11 is 0. The van der Waals surface area contributed by atoms with Crippen molar-refractivity contribution in [3.05, 3.63) is 53.6 Å². The summed E-state index contributed by atoms with van der Waals surface area (Å²) in [6.07, 6.45) is 8.32. The average molecular weight is 346 g/mol. The number of fused-ring (bicyclic) bond motifs is 1. The average Bonchev–Trinajstić information content (AvgIpc) is 2.68. The molecule has 132 valence electrons. The third-order valence-electron chi connectivity index (χ3n) is 4.98. The van der Waals surface area contributed by atoms with E-state index >= 15 is 0 Å². The van der Waals surface area contributed by atoms with Crippen LogP contribution in [0.2, 0.25) is 0 Å². The van der Waals surface area contributed by atoms with Crippen LogP contribution in [0.1, 0.15) is 40.7 Å². The molecule has 5 heteroatoms. The molecule has 1 aromatic carbocycles. The molecular weight excluding hydrogens is 324 g/mol. The van der Waals surface area contributed by atoms with Gasteiger partial charge in [-0.25, -0.2) is 15.0 Å². The third-order valence-corrected chi connectivity index (χ3v) is 4.98. The van der Waals surface area contributed by atoms with E-state index in [9.17, 15) is 4.79 Å². The minimum absolute atomic E-state index is 0.0974. The number of aryl methyl sites for hydroxylation is 2. The topological polar surface area (TPSA) is 59.0 Å². The molecular formula is C21H22N4O. The Morgan fingerprint density at radius 3 is 2.46 bits per heavy atom. The first-order chi connectivity index (χ1) is 12.6. The molecule has 1 fully saturated rings. The van der Waals surface area contributed by atoms with Crippen molar-refractivity contribution in [2.45, 2.75) is 33.1 Å². The zero-order valence-electron chi connectivity index (χ0n) is 15.2. The predicted molar refractivity (Wildman–Crippen MR) is 102 cm³/mol. The van der Waals surface area contributed by atoms with Gasteiger partial charge in [0.2, 0.25) is 0 Å². The number of amides is 1. The Morgan fingerprint density at radius 1 is 1.00 bits per heavy atom. The van der Waals surface area contributed by atoms with Crippen molar-refractivity contribution in [1.29, 1.82) is 0 Å². The minimum Gasteiger partial charge on any atom is -0.339 e.